The molecular formula is C20H29Cl2N7. The van der Waals surface area contributed by atoms with Gasteiger partial charge >= 0.3 is 0 Å². The SMILES string of the molecule is CCNC(=NCc1nnc(C)n1C)NC1CCN(Cc2ccc(Cl)c(Cl)c2)CC1. The molecule has 0 unspecified atom stereocenters. The van der Waals surface area contributed by atoms with Gasteiger partial charge in [0, 0.05) is 39.3 Å². The van der Waals surface area contributed by atoms with Gasteiger partial charge in [0.15, 0.2) is 11.8 Å². The van der Waals surface area contributed by atoms with Gasteiger partial charge in [-0.05, 0) is 44.4 Å². The Morgan fingerprint density at radius 3 is 2.59 bits per heavy atom. The van der Waals surface area contributed by atoms with Crippen LogP contribution in [0.1, 0.15) is 37.0 Å². The smallest absolute Gasteiger partial charge is 0.191 e. The molecule has 0 radical (unpaired) electrons. The summed E-state index contributed by atoms with van der Waals surface area (Å²) in [6.45, 7) is 8.28. The molecule has 0 saturated carbocycles. The Morgan fingerprint density at radius 1 is 1.21 bits per heavy atom. The normalized spacial score (nSPS) is 16.2. The number of guanidine groups is 1. The minimum absolute atomic E-state index is 0.402. The molecule has 9 heteroatoms. The van der Waals surface area contributed by atoms with Gasteiger partial charge in [-0.1, -0.05) is 29.3 Å². The standard InChI is InChI=1S/C20H29Cl2N7/c1-4-23-20(24-12-19-27-26-14(2)28(19)3)25-16-7-9-29(10-8-16)13-15-5-6-17(21)18(22)11-15/h5-6,11,16H,4,7-10,12-13H2,1-3H3,(H2,23,24,25). The molecule has 0 bridgehead atoms. The Bertz CT molecular complexity index is 841. The van der Waals surface area contributed by atoms with Crippen LogP contribution in [0.3, 0.4) is 0 Å². The van der Waals surface area contributed by atoms with Crippen LogP contribution in [0.4, 0.5) is 0 Å². The Kier molecular flexibility index (Phi) is 7.75. The number of hydrogen-bond donors (Lipinski definition) is 2. The van der Waals surface area contributed by atoms with Crippen molar-refractivity contribution in [2.45, 2.75) is 45.8 Å². The fraction of sp³-hybridized carbons (Fsp3) is 0.550. The predicted octanol–water partition coefficient (Wildman–Crippen LogP) is 3.15. The highest BCUT2D eigenvalue weighted by Gasteiger charge is 2.20. The third-order valence-corrected chi connectivity index (χ3v) is 5.96. The monoisotopic (exact) mass is 437 g/mol. The first-order valence-electron chi connectivity index (χ1n) is 10.0. The van der Waals surface area contributed by atoms with Crippen LogP contribution in [0.25, 0.3) is 0 Å². The predicted molar refractivity (Wildman–Crippen MR) is 118 cm³/mol. The Labute approximate surface area is 182 Å². The summed E-state index contributed by atoms with van der Waals surface area (Å²) in [7, 11) is 1.96. The highest BCUT2D eigenvalue weighted by Crippen LogP contribution is 2.24. The van der Waals surface area contributed by atoms with E-state index >= 15 is 0 Å². The molecule has 2 heterocycles. The quantitative estimate of drug-likeness (QED) is 0.536. The number of hydrogen-bond acceptors (Lipinski definition) is 4. The maximum atomic E-state index is 6.14. The molecule has 0 aliphatic carbocycles. The fourth-order valence-corrected chi connectivity index (χ4v) is 3.70. The molecule has 3 rings (SSSR count). The highest BCUT2D eigenvalue weighted by molar-refractivity contribution is 6.42. The number of benzene rings is 1. The van der Waals surface area contributed by atoms with E-state index in [1.54, 1.807) is 0 Å². The Hall–Kier alpha value is -1.83. The second-order valence-electron chi connectivity index (χ2n) is 7.36. The number of aliphatic imine (C=N–C) groups is 1. The minimum atomic E-state index is 0.402. The number of aryl methyl sites for hydroxylation is 1. The minimum Gasteiger partial charge on any atom is -0.357 e. The van der Waals surface area contributed by atoms with Crippen molar-refractivity contribution in [2.75, 3.05) is 19.6 Å². The molecule has 1 aliphatic rings. The van der Waals surface area contributed by atoms with Gasteiger partial charge in [0.1, 0.15) is 12.4 Å². The maximum Gasteiger partial charge on any atom is 0.191 e. The van der Waals surface area contributed by atoms with Crippen molar-refractivity contribution in [2.24, 2.45) is 12.0 Å². The van der Waals surface area contributed by atoms with Gasteiger partial charge in [-0.3, -0.25) is 4.90 Å². The fourth-order valence-electron chi connectivity index (χ4n) is 3.38. The Morgan fingerprint density at radius 2 is 1.97 bits per heavy atom. The molecule has 29 heavy (non-hydrogen) atoms. The summed E-state index contributed by atoms with van der Waals surface area (Å²) in [5, 5.41) is 16.4. The van der Waals surface area contributed by atoms with Crippen LogP contribution in [0.15, 0.2) is 23.2 Å². The molecule has 1 aliphatic heterocycles. The van der Waals surface area contributed by atoms with E-state index in [1.165, 1.54) is 5.56 Å². The van der Waals surface area contributed by atoms with Gasteiger partial charge < -0.3 is 15.2 Å². The molecular weight excluding hydrogens is 409 g/mol. The number of piperidine rings is 1. The lowest BCUT2D eigenvalue weighted by Gasteiger charge is -2.33. The third kappa shape index (κ3) is 6.07. The van der Waals surface area contributed by atoms with E-state index in [2.05, 4.69) is 37.6 Å². The largest absolute Gasteiger partial charge is 0.357 e. The molecule has 2 aromatic rings. The highest BCUT2D eigenvalue weighted by atomic mass is 35.5. The van der Waals surface area contributed by atoms with E-state index in [1.807, 2.05) is 36.7 Å². The maximum absolute atomic E-state index is 6.14. The first-order chi connectivity index (χ1) is 14.0. The van der Waals surface area contributed by atoms with Crippen molar-refractivity contribution in [3.63, 3.8) is 0 Å². The summed E-state index contributed by atoms with van der Waals surface area (Å²) in [6.07, 6.45) is 2.13. The van der Waals surface area contributed by atoms with Crippen LogP contribution in [0.5, 0.6) is 0 Å². The molecule has 1 aromatic heterocycles. The number of likely N-dealkylation sites (tertiary alicyclic amines) is 1. The van der Waals surface area contributed by atoms with E-state index in [4.69, 9.17) is 23.2 Å². The van der Waals surface area contributed by atoms with Crippen LogP contribution in [0, 0.1) is 6.92 Å². The first-order valence-corrected chi connectivity index (χ1v) is 10.8. The summed E-state index contributed by atoms with van der Waals surface area (Å²) in [5.41, 5.74) is 1.19. The van der Waals surface area contributed by atoms with E-state index in [0.717, 1.165) is 56.6 Å². The molecule has 0 amide bonds. The van der Waals surface area contributed by atoms with Gasteiger partial charge in [0.2, 0.25) is 0 Å². The Balaban J connectivity index is 1.51. The lowest BCUT2D eigenvalue weighted by molar-refractivity contribution is 0.198. The molecule has 0 spiro atoms. The van der Waals surface area contributed by atoms with Gasteiger partial charge in [-0.25, -0.2) is 4.99 Å². The summed E-state index contributed by atoms with van der Waals surface area (Å²) in [6, 6.07) is 6.27. The summed E-state index contributed by atoms with van der Waals surface area (Å²) < 4.78 is 1.97. The molecule has 1 aromatic carbocycles. The number of rotatable bonds is 6. The number of nitrogens with zero attached hydrogens (tertiary/aromatic N) is 5. The van der Waals surface area contributed by atoms with Crippen molar-refractivity contribution in [1.82, 2.24) is 30.3 Å². The van der Waals surface area contributed by atoms with Gasteiger partial charge in [-0.2, -0.15) is 0 Å². The van der Waals surface area contributed by atoms with E-state index in [-0.39, 0.29) is 0 Å². The zero-order valence-corrected chi connectivity index (χ0v) is 18.8. The lowest BCUT2D eigenvalue weighted by atomic mass is 10.0. The van der Waals surface area contributed by atoms with Crippen LogP contribution in [0.2, 0.25) is 10.0 Å². The van der Waals surface area contributed by atoms with Crippen molar-refractivity contribution < 1.29 is 0 Å². The van der Waals surface area contributed by atoms with E-state index < -0.39 is 0 Å². The average molecular weight is 438 g/mol. The zero-order chi connectivity index (χ0) is 20.8. The van der Waals surface area contributed by atoms with Crippen LogP contribution < -0.4 is 10.6 Å². The second-order valence-corrected chi connectivity index (χ2v) is 8.18. The molecule has 1 fully saturated rings. The summed E-state index contributed by atoms with van der Waals surface area (Å²) in [5.74, 6) is 2.58. The number of halogens is 2. The van der Waals surface area contributed by atoms with E-state index in [0.29, 0.717) is 22.6 Å². The first kappa shape index (κ1) is 21.9. The number of nitrogens with one attached hydrogen (secondary N) is 2. The topological polar surface area (TPSA) is 70.4 Å². The molecule has 158 valence electrons. The van der Waals surface area contributed by atoms with Gasteiger partial charge in [-0.15, -0.1) is 10.2 Å². The lowest BCUT2D eigenvalue weighted by Crippen LogP contribution is -2.48. The summed E-state index contributed by atoms with van der Waals surface area (Å²) >= 11 is 12.1. The second kappa shape index (κ2) is 10.3. The average Bonchev–Trinajstić information content (AvgIpc) is 3.02. The van der Waals surface area contributed by atoms with Gasteiger partial charge in [0.25, 0.3) is 0 Å². The van der Waals surface area contributed by atoms with Crippen molar-refractivity contribution >= 4 is 29.2 Å². The molecule has 7 nitrogen and oxygen atoms in total. The zero-order valence-electron chi connectivity index (χ0n) is 17.3. The van der Waals surface area contributed by atoms with Crippen LogP contribution in [-0.4, -0.2) is 51.3 Å². The van der Waals surface area contributed by atoms with Crippen molar-refractivity contribution in [1.29, 1.82) is 0 Å². The van der Waals surface area contributed by atoms with Crippen LogP contribution in [-0.2, 0) is 20.1 Å². The molecule has 0 atom stereocenters. The van der Waals surface area contributed by atoms with E-state index in [9.17, 15) is 0 Å². The molecule has 2 N–H and O–H groups in total. The van der Waals surface area contributed by atoms with Crippen LogP contribution >= 0.6 is 23.2 Å². The summed E-state index contributed by atoms with van der Waals surface area (Å²) in [4.78, 5) is 7.14. The van der Waals surface area contributed by atoms with Gasteiger partial charge in [0.05, 0.1) is 10.0 Å². The molecule has 1 saturated heterocycles. The van der Waals surface area contributed by atoms with Crippen molar-refractivity contribution in [3.05, 3.63) is 45.5 Å². The van der Waals surface area contributed by atoms with Crippen molar-refractivity contribution in [3.8, 4) is 0 Å². The third-order valence-electron chi connectivity index (χ3n) is 5.22. The number of aromatic nitrogens is 3.